The van der Waals surface area contributed by atoms with Crippen molar-refractivity contribution in [2.75, 3.05) is 0 Å². The molecule has 72 valence electrons. The van der Waals surface area contributed by atoms with Crippen molar-refractivity contribution >= 4 is 22.6 Å². The topological polar surface area (TPSA) is 26.0 Å². The maximum absolute atomic E-state index is 5.85. The number of hydrogen-bond acceptors (Lipinski definition) is 1. The molecule has 0 aromatic heterocycles. The van der Waals surface area contributed by atoms with Crippen LogP contribution in [0.3, 0.4) is 0 Å². The monoisotopic (exact) mass is 289 g/mol. The highest BCUT2D eigenvalue weighted by atomic mass is 127. The fourth-order valence-corrected chi connectivity index (χ4v) is 1.57. The van der Waals surface area contributed by atoms with Crippen LogP contribution < -0.4 is 5.73 Å². The van der Waals surface area contributed by atoms with Crippen LogP contribution in [-0.2, 0) is 6.42 Å². The van der Waals surface area contributed by atoms with Gasteiger partial charge in [-0.1, -0.05) is 19.1 Å². The van der Waals surface area contributed by atoms with Gasteiger partial charge in [-0.05, 0) is 59.5 Å². The van der Waals surface area contributed by atoms with E-state index in [-0.39, 0.29) is 0 Å². The lowest BCUT2D eigenvalue weighted by Crippen LogP contribution is -2.18. The standard InChI is InChI=1S/C11H16IN/c1-2-11(13)8-5-9-3-6-10(12)7-4-9/h3-4,6-7,11H,2,5,8,13H2,1H3. The van der Waals surface area contributed by atoms with Crippen LogP contribution in [0.25, 0.3) is 0 Å². The molecule has 2 N–H and O–H groups in total. The Hall–Kier alpha value is -0.0900. The zero-order valence-corrected chi connectivity index (χ0v) is 10.1. The Morgan fingerprint density at radius 1 is 1.31 bits per heavy atom. The number of benzene rings is 1. The van der Waals surface area contributed by atoms with Crippen molar-refractivity contribution in [3.05, 3.63) is 33.4 Å². The van der Waals surface area contributed by atoms with Crippen LogP contribution in [0, 0.1) is 3.57 Å². The fourth-order valence-electron chi connectivity index (χ4n) is 1.21. The molecule has 1 atom stereocenters. The van der Waals surface area contributed by atoms with E-state index in [0.29, 0.717) is 6.04 Å². The first-order valence-corrected chi connectivity index (χ1v) is 5.80. The Morgan fingerprint density at radius 2 is 1.92 bits per heavy atom. The van der Waals surface area contributed by atoms with Crippen molar-refractivity contribution in [3.63, 3.8) is 0 Å². The van der Waals surface area contributed by atoms with Crippen molar-refractivity contribution in [2.24, 2.45) is 5.73 Å². The van der Waals surface area contributed by atoms with Gasteiger partial charge in [-0.15, -0.1) is 0 Å². The van der Waals surface area contributed by atoms with Crippen molar-refractivity contribution in [1.82, 2.24) is 0 Å². The lowest BCUT2D eigenvalue weighted by Gasteiger charge is -2.07. The smallest absolute Gasteiger partial charge is 0.0130 e. The van der Waals surface area contributed by atoms with Gasteiger partial charge < -0.3 is 5.73 Å². The lowest BCUT2D eigenvalue weighted by molar-refractivity contribution is 0.596. The summed E-state index contributed by atoms with van der Waals surface area (Å²) >= 11 is 2.32. The highest BCUT2D eigenvalue weighted by Gasteiger charge is 1.99. The van der Waals surface area contributed by atoms with Gasteiger partial charge in [0.1, 0.15) is 0 Å². The van der Waals surface area contributed by atoms with E-state index >= 15 is 0 Å². The number of rotatable bonds is 4. The molecule has 0 aliphatic carbocycles. The van der Waals surface area contributed by atoms with Gasteiger partial charge in [0.05, 0.1) is 0 Å². The second kappa shape index (κ2) is 5.60. The maximum Gasteiger partial charge on any atom is 0.0130 e. The lowest BCUT2D eigenvalue weighted by atomic mass is 10.0. The second-order valence-corrected chi connectivity index (χ2v) is 4.58. The van der Waals surface area contributed by atoms with E-state index in [1.807, 2.05) is 0 Å². The largest absolute Gasteiger partial charge is 0.328 e. The summed E-state index contributed by atoms with van der Waals surface area (Å²) in [6.07, 6.45) is 3.27. The van der Waals surface area contributed by atoms with Crippen LogP contribution in [0.5, 0.6) is 0 Å². The molecular formula is C11H16IN. The minimum absolute atomic E-state index is 0.360. The zero-order valence-electron chi connectivity index (χ0n) is 7.96. The summed E-state index contributed by atoms with van der Waals surface area (Å²) in [6, 6.07) is 9.02. The number of aryl methyl sites for hydroxylation is 1. The Labute approximate surface area is 93.9 Å². The molecule has 1 rings (SSSR count). The third-order valence-corrected chi connectivity index (χ3v) is 2.96. The van der Waals surface area contributed by atoms with Gasteiger partial charge in [0, 0.05) is 9.61 Å². The predicted octanol–water partition coefficient (Wildman–Crippen LogP) is 2.96. The summed E-state index contributed by atoms with van der Waals surface area (Å²) in [4.78, 5) is 0. The molecule has 0 spiro atoms. The van der Waals surface area contributed by atoms with Crippen molar-refractivity contribution < 1.29 is 0 Å². The molecule has 13 heavy (non-hydrogen) atoms. The molecule has 1 aromatic carbocycles. The van der Waals surface area contributed by atoms with Gasteiger partial charge in [-0.3, -0.25) is 0 Å². The van der Waals surface area contributed by atoms with E-state index in [0.717, 1.165) is 19.3 Å². The molecular weight excluding hydrogens is 273 g/mol. The van der Waals surface area contributed by atoms with Crippen LogP contribution in [-0.4, -0.2) is 6.04 Å². The Morgan fingerprint density at radius 3 is 2.46 bits per heavy atom. The zero-order chi connectivity index (χ0) is 9.68. The summed E-state index contributed by atoms with van der Waals surface area (Å²) < 4.78 is 1.29. The number of nitrogens with two attached hydrogens (primary N) is 1. The molecule has 0 aliphatic heterocycles. The molecule has 1 unspecified atom stereocenters. The van der Waals surface area contributed by atoms with E-state index in [2.05, 4.69) is 53.8 Å². The molecule has 0 bridgehead atoms. The van der Waals surface area contributed by atoms with E-state index in [1.54, 1.807) is 0 Å². The highest BCUT2D eigenvalue weighted by Crippen LogP contribution is 2.09. The SMILES string of the molecule is CCC(N)CCc1ccc(I)cc1. The molecule has 0 aliphatic rings. The maximum atomic E-state index is 5.85. The second-order valence-electron chi connectivity index (χ2n) is 3.33. The third-order valence-electron chi connectivity index (χ3n) is 2.24. The first-order valence-electron chi connectivity index (χ1n) is 4.72. The van der Waals surface area contributed by atoms with Crippen LogP contribution in [0.2, 0.25) is 0 Å². The average Bonchev–Trinajstić information content (AvgIpc) is 2.16. The minimum atomic E-state index is 0.360. The van der Waals surface area contributed by atoms with E-state index in [9.17, 15) is 0 Å². The third kappa shape index (κ3) is 4.09. The molecule has 0 saturated carbocycles. The van der Waals surface area contributed by atoms with Crippen LogP contribution in [0.4, 0.5) is 0 Å². The van der Waals surface area contributed by atoms with E-state index in [4.69, 9.17) is 5.73 Å². The van der Waals surface area contributed by atoms with Gasteiger partial charge in [-0.25, -0.2) is 0 Å². The predicted molar refractivity (Wildman–Crippen MR) is 65.7 cm³/mol. The molecule has 2 heteroatoms. The Kier molecular flexibility index (Phi) is 4.73. The highest BCUT2D eigenvalue weighted by molar-refractivity contribution is 14.1. The van der Waals surface area contributed by atoms with Crippen LogP contribution in [0.15, 0.2) is 24.3 Å². The summed E-state index contributed by atoms with van der Waals surface area (Å²) in [5.74, 6) is 0. The molecule has 1 nitrogen and oxygen atoms in total. The molecule has 0 radical (unpaired) electrons. The van der Waals surface area contributed by atoms with Crippen molar-refractivity contribution in [2.45, 2.75) is 32.2 Å². The molecule has 0 fully saturated rings. The van der Waals surface area contributed by atoms with Gasteiger partial charge in [-0.2, -0.15) is 0 Å². The summed E-state index contributed by atoms with van der Waals surface area (Å²) in [6.45, 7) is 2.14. The molecule has 1 aromatic rings. The van der Waals surface area contributed by atoms with Gasteiger partial charge in [0.25, 0.3) is 0 Å². The van der Waals surface area contributed by atoms with E-state index in [1.165, 1.54) is 9.13 Å². The normalized spacial score (nSPS) is 12.8. The molecule has 0 saturated heterocycles. The first kappa shape index (κ1) is 11.0. The summed E-state index contributed by atoms with van der Waals surface area (Å²) in [7, 11) is 0. The number of halogens is 1. The summed E-state index contributed by atoms with van der Waals surface area (Å²) in [5, 5.41) is 0. The van der Waals surface area contributed by atoms with Gasteiger partial charge >= 0.3 is 0 Å². The van der Waals surface area contributed by atoms with Crippen LogP contribution >= 0.6 is 22.6 Å². The first-order chi connectivity index (χ1) is 6.22. The minimum Gasteiger partial charge on any atom is -0.328 e. The summed E-state index contributed by atoms with van der Waals surface area (Å²) in [5.41, 5.74) is 7.24. The average molecular weight is 289 g/mol. The number of hydrogen-bond donors (Lipinski definition) is 1. The van der Waals surface area contributed by atoms with Gasteiger partial charge in [0.15, 0.2) is 0 Å². The van der Waals surface area contributed by atoms with Crippen LogP contribution in [0.1, 0.15) is 25.3 Å². The quantitative estimate of drug-likeness (QED) is 0.847. The molecule has 0 heterocycles. The fraction of sp³-hybridized carbons (Fsp3) is 0.455. The van der Waals surface area contributed by atoms with E-state index < -0.39 is 0 Å². The Bertz CT molecular complexity index is 243. The van der Waals surface area contributed by atoms with Crippen molar-refractivity contribution in [1.29, 1.82) is 0 Å². The van der Waals surface area contributed by atoms with Gasteiger partial charge in [0.2, 0.25) is 0 Å². The van der Waals surface area contributed by atoms with Crippen molar-refractivity contribution in [3.8, 4) is 0 Å². The molecule has 0 amide bonds. The Balaban J connectivity index is 2.41.